The lowest BCUT2D eigenvalue weighted by Gasteiger charge is -2.17. The number of alkyl carbamates (subject to hydrolysis) is 1. The third-order valence-electron chi connectivity index (χ3n) is 4.99. The van der Waals surface area contributed by atoms with Crippen molar-refractivity contribution in [2.24, 2.45) is 0 Å². The quantitative estimate of drug-likeness (QED) is 0.346. The summed E-state index contributed by atoms with van der Waals surface area (Å²) in [6.45, 7) is 5.52. The smallest absolute Gasteiger partial charge is 0.408 e. The fourth-order valence-electron chi connectivity index (χ4n) is 3.23. The Morgan fingerprint density at radius 2 is 1.84 bits per heavy atom. The maximum Gasteiger partial charge on any atom is 0.408 e. The minimum Gasteiger partial charge on any atom is -0.445 e. The van der Waals surface area contributed by atoms with Crippen LogP contribution in [0.4, 0.5) is 4.79 Å². The van der Waals surface area contributed by atoms with E-state index < -0.39 is 23.7 Å². The van der Waals surface area contributed by atoms with Crippen molar-refractivity contribution in [2.45, 2.75) is 46.3 Å². The Morgan fingerprint density at radius 3 is 2.52 bits per heavy atom. The zero-order valence-electron chi connectivity index (χ0n) is 17.8. The highest BCUT2D eigenvalue weighted by Crippen LogP contribution is 2.29. The molecule has 0 aliphatic heterocycles. The number of benzene rings is 2. The van der Waals surface area contributed by atoms with Gasteiger partial charge in [0.25, 0.3) is 0 Å². The molecule has 0 aliphatic carbocycles. The largest absolute Gasteiger partial charge is 0.445 e. The molecule has 3 aromatic rings. The van der Waals surface area contributed by atoms with Gasteiger partial charge >= 0.3 is 17.7 Å². The van der Waals surface area contributed by atoms with E-state index in [1.165, 1.54) is 6.07 Å². The van der Waals surface area contributed by atoms with Crippen molar-refractivity contribution in [1.82, 2.24) is 5.32 Å². The Labute approximate surface area is 180 Å². The lowest BCUT2D eigenvalue weighted by molar-refractivity contribution is -0.136. The van der Waals surface area contributed by atoms with Gasteiger partial charge in [0.05, 0.1) is 0 Å². The van der Waals surface area contributed by atoms with E-state index in [4.69, 9.17) is 13.9 Å². The van der Waals surface area contributed by atoms with Gasteiger partial charge in [-0.05, 0) is 43.0 Å². The molecule has 1 N–H and O–H groups in total. The predicted octanol–water partition coefficient (Wildman–Crippen LogP) is 4.27. The summed E-state index contributed by atoms with van der Waals surface area (Å²) >= 11 is 0. The van der Waals surface area contributed by atoms with Crippen LogP contribution in [0.15, 0.2) is 57.7 Å². The molecule has 31 heavy (non-hydrogen) atoms. The molecule has 2 aromatic carbocycles. The van der Waals surface area contributed by atoms with Crippen LogP contribution in [-0.4, -0.2) is 18.1 Å². The maximum atomic E-state index is 12.6. The summed E-state index contributed by atoms with van der Waals surface area (Å²) in [6.07, 6.45) is 0.288. The van der Waals surface area contributed by atoms with Crippen LogP contribution in [0.3, 0.4) is 0 Å². The van der Waals surface area contributed by atoms with E-state index in [0.717, 1.165) is 16.5 Å². The van der Waals surface area contributed by atoms with Gasteiger partial charge in [-0.2, -0.15) is 0 Å². The van der Waals surface area contributed by atoms with E-state index in [9.17, 15) is 14.4 Å². The number of nitrogens with one attached hydrogen (secondary N) is 1. The molecule has 0 saturated heterocycles. The molecule has 1 amide bonds. The van der Waals surface area contributed by atoms with Crippen LogP contribution in [0.1, 0.15) is 37.0 Å². The molecule has 0 spiro atoms. The van der Waals surface area contributed by atoms with Crippen LogP contribution in [-0.2, 0) is 22.6 Å². The first kappa shape index (κ1) is 22.1. The van der Waals surface area contributed by atoms with Crippen molar-refractivity contribution in [3.8, 4) is 5.75 Å². The minimum absolute atomic E-state index is 0.0979. The second-order valence-electron chi connectivity index (χ2n) is 7.10. The van der Waals surface area contributed by atoms with Gasteiger partial charge < -0.3 is 19.2 Å². The highest BCUT2D eigenvalue weighted by molar-refractivity contribution is 5.87. The van der Waals surface area contributed by atoms with Crippen molar-refractivity contribution in [2.75, 3.05) is 0 Å². The molecular weight excluding hydrogens is 398 g/mol. The van der Waals surface area contributed by atoms with Crippen molar-refractivity contribution < 1.29 is 23.5 Å². The molecule has 0 aliphatic rings. The molecule has 0 fully saturated rings. The maximum absolute atomic E-state index is 12.6. The van der Waals surface area contributed by atoms with Crippen LogP contribution in [0, 0.1) is 6.92 Å². The van der Waals surface area contributed by atoms with Gasteiger partial charge in [0, 0.05) is 17.0 Å². The summed E-state index contributed by atoms with van der Waals surface area (Å²) in [4.78, 5) is 36.6. The third-order valence-corrected chi connectivity index (χ3v) is 4.99. The highest BCUT2D eigenvalue weighted by atomic mass is 16.6. The number of rotatable bonds is 7. The predicted molar refractivity (Wildman–Crippen MR) is 116 cm³/mol. The van der Waals surface area contributed by atoms with E-state index in [1.54, 1.807) is 26.0 Å². The van der Waals surface area contributed by atoms with Gasteiger partial charge in [0.15, 0.2) is 0 Å². The Bertz CT molecular complexity index is 1140. The van der Waals surface area contributed by atoms with Gasteiger partial charge in [0.2, 0.25) is 0 Å². The second kappa shape index (κ2) is 9.93. The number of ether oxygens (including phenoxy) is 2. The Morgan fingerprint density at radius 1 is 1.10 bits per heavy atom. The van der Waals surface area contributed by atoms with E-state index in [1.807, 2.05) is 37.3 Å². The van der Waals surface area contributed by atoms with E-state index >= 15 is 0 Å². The molecule has 7 nitrogen and oxygen atoms in total. The second-order valence-corrected chi connectivity index (χ2v) is 7.10. The topological polar surface area (TPSA) is 94.8 Å². The standard InChI is InChI=1S/C24H25NO6/c1-4-17-13-21(26)31-22-15(3)20(12-11-18(17)22)30-23(27)19(5-2)25-24(28)29-14-16-9-7-6-8-10-16/h6-13,19H,4-5,14H2,1-3H3,(H,25,28)/t19-/m0/s1. The SMILES string of the molecule is CCc1cc(=O)oc2c(C)c(OC(=O)[C@H](CC)NC(=O)OCc3ccccc3)ccc12. The Kier molecular flexibility index (Phi) is 7.07. The number of hydrogen-bond acceptors (Lipinski definition) is 6. The molecule has 1 atom stereocenters. The number of hydrogen-bond donors (Lipinski definition) is 1. The van der Waals surface area contributed by atoms with E-state index in [2.05, 4.69) is 5.32 Å². The molecular formula is C24H25NO6. The van der Waals surface area contributed by atoms with Crippen LogP contribution >= 0.6 is 0 Å². The van der Waals surface area contributed by atoms with Crippen LogP contribution in [0.2, 0.25) is 0 Å². The summed E-state index contributed by atoms with van der Waals surface area (Å²) in [7, 11) is 0. The molecule has 0 bridgehead atoms. The zero-order chi connectivity index (χ0) is 22.4. The van der Waals surface area contributed by atoms with Crippen molar-refractivity contribution >= 4 is 23.0 Å². The average Bonchev–Trinajstić information content (AvgIpc) is 2.78. The van der Waals surface area contributed by atoms with Gasteiger partial charge in [-0.15, -0.1) is 0 Å². The van der Waals surface area contributed by atoms with Gasteiger partial charge in [0.1, 0.15) is 24.0 Å². The summed E-state index contributed by atoms with van der Waals surface area (Å²) in [5, 5.41) is 3.33. The normalized spacial score (nSPS) is 11.7. The Hall–Kier alpha value is -3.61. The lowest BCUT2D eigenvalue weighted by atomic mass is 10.0. The number of carbonyl (C=O) groups excluding carboxylic acids is 2. The molecule has 0 saturated carbocycles. The van der Waals surface area contributed by atoms with Crippen LogP contribution in [0.5, 0.6) is 5.75 Å². The van der Waals surface area contributed by atoms with Gasteiger partial charge in [-0.1, -0.05) is 44.2 Å². The first-order valence-corrected chi connectivity index (χ1v) is 10.2. The number of amides is 1. The first-order chi connectivity index (χ1) is 14.9. The Balaban J connectivity index is 1.70. The molecule has 1 aromatic heterocycles. The minimum atomic E-state index is -0.882. The zero-order valence-corrected chi connectivity index (χ0v) is 17.8. The number of esters is 1. The van der Waals surface area contributed by atoms with E-state index in [-0.39, 0.29) is 12.4 Å². The van der Waals surface area contributed by atoms with Crippen LogP contribution in [0.25, 0.3) is 11.0 Å². The third kappa shape index (κ3) is 5.31. The van der Waals surface area contributed by atoms with Crippen molar-refractivity contribution in [3.63, 3.8) is 0 Å². The lowest BCUT2D eigenvalue weighted by Crippen LogP contribution is -2.42. The summed E-state index contributed by atoms with van der Waals surface area (Å²) in [6, 6.07) is 13.2. The molecule has 3 rings (SSSR count). The van der Waals surface area contributed by atoms with Crippen molar-refractivity contribution in [3.05, 3.63) is 75.6 Å². The van der Waals surface area contributed by atoms with Gasteiger partial charge in [-0.25, -0.2) is 14.4 Å². The van der Waals surface area contributed by atoms with Gasteiger partial charge in [-0.3, -0.25) is 0 Å². The molecule has 0 radical (unpaired) electrons. The fraction of sp³-hybridized carbons (Fsp3) is 0.292. The molecule has 1 heterocycles. The summed E-state index contributed by atoms with van der Waals surface area (Å²) < 4.78 is 16.0. The fourth-order valence-corrected chi connectivity index (χ4v) is 3.23. The van der Waals surface area contributed by atoms with E-state index in [0.29, 0.717) is 24.0 Å². The average molecular weight is 423 g/mol. The summed E-state index contributed by atoms with van der Waals surface area (Å²) in [5.41, 5.74) is 2.18. The highest BCUT2D eigenvalue weighted by Gasteiger charge is 2.23. The first-order valence-electron chi connectivity index (χ1n) is 10.2. The molecule has 0 unspecified atom stereocenters. The summed E-state index contributed by atoms with van der Waals surface area (Å²) in [5.74, 6) is -0.359. The van der Waals surface area contributed by atoms with Crippen molar-refractivity contribution in [1.29, 1.82) is 0 Å². The number of fused-ring (bicyclic) bond motifs is 1. The molecule has 7 heteroatoms. The number of carbonyl (C=O) groups is 2. The number of aryl methyl sites for hydroxylation is 2. The molecule has 162 valence electrons. The monoisotopic (exact) mass is 423 g/mol. The van der Waals surface area contributed by atoms with Crippen LogP contribution < -0.4 is 15.7 Å².